The third-order valence-corrected chi connectivity index (χ3v) is 4.93. The van der Waals surface area contributed by atoms with Crippen molar-refractivity contribution < 1.29 is 9.90 Å². The number of aryl methyl sites for hydroxylation is 1. The molecule has 1 aromatic carbocycles. The van der Waals surface area contributed by atoms with E-state index in [-0.39, 0.29) is 22.3 Å². The van der Waals surface area contributed by atoms with Gasteiger partial charge in [-0.3, -0.25) is 19.9 Å². The van der Waals surface area contributed by atoms with Crippen LogP contribution in [0.25, 0.3) is 28.3 Å². The Bertz CT molecular complexity index is 1340. The average molecular weight is 417 g/mol. The first-order chi connectivity index (χ1) is 14.6. The number of nitrogens with zero attached hydrogens (tertiary/aromatic N) is 4. The van der Waals surface area contributed by atoms with Gasteiger partial charge in [-0.25, -0.2) is 14.3 Å². The lowest BCUT2D eigenvalue weighted by Gasteiger charge is -2.18. The SMILES string of the molecule is Cc1nccnc1-c1[nH]n2c(=O)cc(-c3ccc(CC(C)(C)C)cc3)nc2c1C(=O)O. The molecule has 31 heavy (non-hydrogen) atoms. The van der Waals surface area contributed by atoms with Crippen LogP contribution in [0.2, 0.25) is 0 Å². The number of carbonyl (C=O) groups is 1. The van der Waals surface area contributed by atoms with E-state index in [2.05, 4.69) is 40.8 Å². The zero-order valence-electron chi connectivity index (χ0n) is 17.8. The van der Waals surface area contributed by atoms with Crippen LogP contribution in [0.4, 0.5) is 0 Å². The van der Waals surface area contributed by atoms with Gasteiger partial charge in [-0.1, -0.05) is 45.0 Å². The van der Waals surface area contributed by atoms with Crippen molar-refractivity contribution in [2.75, 3.05) is 0 Å². The summed E-state index contributed by atoms with van der Waals surface area (Å²) < 4.78 is 1.13. The molecule has 3 aromatic heterocycles. The number of benzene rings is 1. The van der Waals surface area contributed by atoms with Crippen LogP contribution in [0.5, 0.6) is 0 Å². The number of aromatic nitrogens is 5. The minimum Gasteiger partial charge on any atom is -0.477 e. The molecule has 0 amide bonds. The first kappa shape index (κ1) is 20.5. The molecular weight excluding hydrogens is 394 g/mol. The summed E-state index contributed by atoms with van der Waals surface area (Å²) in [4.78, 5) is 37.8. The van der Waals surface area contributed by atoms with E-state index >= 15 is 0 Å². The minimum atomic E-state index is -1.21. The second-order valence-electron chi connectivity index (χ2n) is 8.73. The quantitative estimate of drug-likeness (QED) is 0.523. The van der Waals surface area contributed by atoms with E-state index in [0.717, 1.165) is 16.5 Å². The largest absolute Gasteiger partial charge is 0.477 e. The van der Waals surface area contributed by atoms with E-state index in [1.54, 1.807) is 6.92 Å². The van der Waals surface area contributed by atoms with Crippen LogP contribution in [0, 0.1) is 12.3 Å². The topological polar surface area (TPSA) is 113 Å². The maximum absolute atomic E-state index is 12.8. The van der Waals surface area contributed by atoms with E-state index in [1.165, 1.54) is 24.0 Å². The second kappa shape index (κ2) is 7.46. The third kappa shape index (κ3) is 3.96. The summed E-state index contributed by atoms with van der Waals surface area (Å²) in [5, 5.41) is 12.7. The standard InChI is InChI=1S/C23H23N5O3/c1-13-19(25-10-9-24-13)20-18(22(30)31)21-26-16(11-17(29)28(21)27-20)15-7-5-14(6-8-15)12-23(2,3)4/h5-11,27H,12H2,1-4H3,(H,30,31). The van der Waals surface area contributed by atoms with Crippen molar-refractivity contribution in [1.29, 1.82) is 0 Å². The van der Waals surface area contributed by atoms with Crippen molar-refractivity contribution in [3.05, 3.63) is 69.9 Å². The van der Waals surface area contributed by atoms with Gasteiger partial charge in [0.25, 0.3) is 5.56 Å². The first-order valence-corrected chi connectivity index (χ1v) is 9.90. The highest BCUT2D eigenvalue weighted by molar-refractivity contribution is 6.01. The molecule has 0 atom stereocenters. The van der Waals surface area contributed by atoms with Crippen LogP contribution >= 0.6 is 0 Å². The summed E-state index contributed by atoms with van der Waals surface area (Å²) in [5.41, 5.74) is 3.10. The van der Waals surface area contributed by atoms with Crippen LogP contribution in [0.3, 0.4) is 0 Å². The summed E-state index contributed by atoms with van der Waals surface area (Å²) in [7, 11) is 0. The molecule has 0 saturated heterocycles. The van der Waals surface area contributed by atoms with Gasteiger partial charge in [-0.05, 0) is 24.3 Å². The molecule has 0 aliphatic heterocycles. The Morgan fingerprint density at radius 1 is 1.13 bits per heavy atom. The van der Waals surface area contributed by atoms with Gasteiger partial charge in [-0.2, -0.15) is 0 Å². The molecule has 8 heteroatoms. The van der Waals surface area contributed by atoms with Crippen LogP contribution in [-0.2, 0) is 6.42 Å². The van der Waals surface area contributed by atoms with Crippen molar-refractivity contribution in [1.82, 2.24) is 24.6 Å². The Kier molecular flexibility index (Phi) is 4.93. The van der Waals surface area contributed by atoms with E-state index < -0.39 is 11.5 Å². The normalized spacial score (nSPS) is 11.7. The monoisotopic (exact) mass is 417 g/mol. The lowest BCUT2D eigenvalue weighted by molar-refractivity contribution is 0.0699. The number of H-pyrrole nitrogens is 1. The number of nitrogens with one attached hydrogen (secondary N) is 1. The van der Waals surface area contributed by atoms with Crippen LogP contribution in [0.1, 0.15) is 42.4 Å². The Morgan fingerprint density at radius 3 is 2.42 bits per heavy atom. The Morgan fingerprint density at radius 2 is 1.81 bits per heavy atom. The second-order valence-corrected chi connectivity index (χ2v) is 8.73. The van der Waals surface area contributed by atoms with E-state index in [9.17, 15) is 14.7 Å². The third-order valence-electron chi connectivity index (χ3n) is 4.93. The van der Waals surface area contributed by atoms with Gasteiger partial charge in [0.2, 0.25) is 0 Å². The fraction of sp³-hybridized carbons (Fsp3) is 0.261. The number of carboxylic acid groups (broad SMARTS) is 1. The van der Waals surface area contributed by atoms with Crippen molar-refractivity contribution in [3.63, 3.8) is 0 Å². The molecule has 4 rings (SSSR count). The predicted molar refractivity (Wildman–Crippen MR) is 117 cm³/mol. The van der Waals surface area contributed by atoms with E-state index in [1.807, 2.05) is 24.3 Å². The predicted octanol–water partition coefficient (Wildman–Crippen LogP) is 3.74. The molecule has 4 aromatic rings. The van der Waals surface area contributed by atoms with Gasteiger partial charge in [0.15, 0.2) is 5.65 Å². The molecular formula is C23H23N5O3. The molecule has 0 radical (unpaired) electrons. The van der Waals surface area contributed by atoms with Crippen LogP contribution < -0.4 is 5.56 Å². The average Bonchev–Trinajstić information content (AvgIpc) is 3.08. The maximum Gasteiger partial charge on any atom is 0.341 e. The molecule has 2 N–H and O–H groups in total. The van der Waals surface area contributed by atoms with Gasteiger partial charge >= 0.3 is 5.97 Å². The molecule has 8 nitrogen and oxygen atoms in total. The van der Waals surface area contributed by atoms with Crippen molar-refractivity contribution in [2.45, 2.75) is 34.1 Å². The smallest absolute Gasteiger partial charge is 0.341 e. The maximum atomic E-state index is 12.8. The summed E-state index contributed by atoms with van der Waals surface area (Å²) in [5.74, 6) is -1.21. The van der Waals surface area contributed by atoms with E-state index in [4.69, 9.17) is 0 Å². The van der Waals surface area contributed by atoms with Crippen molar-refractivity contribution in [2.24, 2.45) is 5.41 Å². The van der Waals surface area contributed by atoms with Crippen LogP contribution in [0.15, 0.2) is 47.5 Å². The molecule has 0 aliphatic carbocycles. The summed E-state index contributed by atoms with van der Waals surface area (Å²) in [6.07, 6.45) is 3.91. The summed E-state index contributed by atoms with van der Waals surface area (Å²) in [6, 6.07) is 9.21. The first-order valence-electron chi connectivity index (χ1n) is 9.90. The number of carboxylic acids is 1. The molecule has 0 spiro atoms. The molecule has 0 saturated carbocycles. The molecule has 158 valence electrons. The zero-order valence-corrected chi connectivity index (χ0v) is 17.8. The van der Waals surface area contributed by atoms with Gasteiger partial charge in [0.05, 0.1) is 11.4 Å². The number of hydrogen-bond donors (Lipinski definition) is 2. The lowest BCUT2D eigenvalue weighted by atomic mass is 9.88. The lowest BCUT2D eigenvalue weighted by Crippen LogP contribution is -2.15. The van der Waals surface area contributed by atoms with Crippen molar-refractivity contribution >= 4 is 11.6 Å². The highest BCUT2D eigenvalue weighted by Gasteiger charge is 2.24. The molecule has 0 aliphatic rings. The van der Waals surface area contributed by atoms with Gasteiger partial charge < -0.3 is 5.11 Å². The number of rotatable bonds is 4. The minimum absolute atomic E-state index is 0.0359. The van der Waals surface area contributed by atoms with Gasteiger partial charge in [-0.15, -0.1) is 0 Å². The Labute approximate surface area is 178 Å². The fourth-order valence-corrected chi connectivity index (χ4v) is 3.62. The Hall–Kier alpha value is -3.81. The van der Waals surface area contributed by atoms with Gasteiger partial charge in [0, 0.05) is 24.0 Å². The summed E-state index contributed by atoms with van der Waals surface area (Å²) in [6.45, 7) is 8.24. The Balaban J connectivity index is 1.87. The van der Waals surface area contributed by atoms with E-state index in [0.29, 0.717) is 17.1 Å². The number of hydrogen-bond acceptors (Lipinski definition) is 5. The zero-order chi connectivity index (χ0) is 22.3. The summed E-state index contributed by atoms with van der Waals surface area (Å²) >= 11 is 0. The number of aromatic carboxylic acids is 1. The van der Waals surface area contributed by atoms with Crippen LogP contribution in [-0.4, -0.2) is 35.6 Å². The molecule has 0 unspecified atom stereocenters. The molecule has 0 bridgehead atoms. The number of aromatic amines is 1. The number of fused-ring (bicyclic) bond motifs is 1. The molecule has 3 heterocycles. The van der Waals surface area contributed by atoms with Crippen molar-refractivity contribution in [3.8, 4) is 22.6 Å². The fourth-order valence-electron chi connectivity index (χ4n) is 3.62. The highest BCUT2D eigenvalue weighted by atomic mass is 16.4. The molecule has 0 fully saturated rings. The highest BCUT2D eigenvalue weighted by Crippen LogP contribution is 2.27. The van der Waals surface area contributed by atoms with Gasteiger partial charge in [0.1, 0.15) is 17.0 Å².